The minimum atomic E-state index is -0.156. The molecule has 2 aromatic carbocycles. The van der Waals surface area contributed by atoms with Crippen LogP contribution < -0.4 is 14.8 Å². The van der Waals surface area contributed by atoms with E-state index in [2.05, 4.69) is 26.9 Å². The zero-order valence-corrected chi connectivity index (χ0v) is 16.3. The first-order chi connectivity index (χ1) is 13.6. The third kappa shape index (κ3) is 3.94. The summed E-state index contributed by atoms with van der Waals surface area (Å²) in [4.78, 5) is 12.4. The lowest BCUT2D eigenvalue weighted by Crippen LogP contribution is -2.17. The molecule has 1 amide bonds. The standard InChI is InChI=1S/C19H19N5O3S/c1-12-3-5-15(13(2)9-12)24-19(21-22-23-24)28-11-18(25)20-14-4-6-16-17(10-14)27-8-7-26-16/h3-6,9-10H,7-8,11H2,1-2H3,(H,20,25). The molecule has 3 aromatic rings. The number of tetrazole rings is 1. The number of fused-ring (bicyclic) bond motifs is 1. The van der Waals surface area contributed by atoms with Crippen LogP contribution in [-0.2, 0) is 4.79 Å². The lowest BCUT2D eigenvalue weighted by atomic mass is 10.1. The van der Waals surface area contributed by atoms with E-state index >= 15 is 0 Å². The summed E-state index contributed by atoms with van der Waals surface area (Å²) in [7, 11) is 0. The molecule has 0 atom stereocenters. The first-order valence-electron chi connectivity index (χ1n) is 8.78. The molecule has 8 nitrogen and oxygen atoms in total. The Labute approximate surface area is 166 Å². The van der Waals surface area contributed by atoms with Crippen LogP contribution in [0.2, 0.25) is 0 Å². The highest BCUT2D eigenvalue weighted by molar-refractivity contribution is 7.99. The van der Waals surface area contributed by atoms with Crippen LogP contribution in [0.25, 0.3) is 5.69 Å². The van der Waals surface area contributed by atoms with Gasteiger partial charge < -0.3 is 14.8 Å². The normalized spacial score (nSPS) is 12.6. The number of nitrogens with zero attached hydrogens (tertiary/aromatic N) is 4. The van der Waals surface area contributed by atoms with Gasteiger partial charge in [-0.25, -0.2) is 0 Å². The number of aryl methyl sites for hydroxylation is 2. The lowest BCUT2D eigenvalue weighted by Gasteiger charge is -2.18. The summed E-state index contributed by atoms with van der Waals surface area (Å²) in [6.07, 6.45) is 0. The number of amides is 1. The summed E-state index contributed by atoms with van der Waals surface area (Å²) >= 11 is 1.28. The van der Waals surface area contributed by atoms with Gasteiger partial charge in [0.2, 0.25) is 11.1 Å². The van der Waals surface area contributed by atoms with E-state index in [0.717, 1.165) is 11.3 Å². The highest BCUT2D eigenvalue weighted by atomic mass is 32.2. The number of ether oxygens (including phenoxy) is 2. The summed E-state index contributed by atoms with van der Waals surface area (Å²) in [6.45, 7) is 5.08. The fourth-order valence-electron chi connectivity index (χ4n) is 2.91. The number of hydrogen-bond acceptors (Lipinski definition) is 7. The summed E-state index contributed by atoms with van der Waals surface area (Å²) in [6, 6.07) is 11.4. The van der Waals surface area contributed by atoms with Crippen molar-refractivity contribution in [3.05, 3.63) is 47.5 Å². The number of thioether (sulfide) groups is 1. The number of rotatable bonds is 5. The SMILES string of the molecule is Cc1ccc(-n2nnnc2SCC(=O)Nc2ccc3c(c2)OCCO3)c(C)c1. The molecule has 1 N–H and O–H groups in total. The number of anilines is 1. The molecule has 1 aliphatic heterocycles. The van der Waals surface area contributed by atoms with E-state index in [0.29, 0.717) is 35.6 Å². The van der Waals surface area contributed by atoms with Crippen LogP contribution in [0.1, 0.15) is 11.1 Å². The topological polar surface area (TPSA) is 91.2 Å². The minimum absolute atomic E-state index is 0.156. The van der Waals surface area contributed by atoms with Crippen molar-refractivity contribution in [1.82, 2.24) is 20.2 Å². The van der Waals surface area contributed by atoms with Gasteiger partial charge in [0.15, 0.2) is 11.5 Å². The van der Waals surface area contributed by atoms with Crippen LogP contribution in [-0.4, -0.2) is 45.1 Å². The molecule has 0 aliphatic carbocycles. The Balaban J connectivity index is 1.41. The predicted octanol–water partition coefficient (Wildman–Crippen LogP) is 2.78. The van der Waals surface area contributed by atoms with E-state index in [1.165, 1.54) is 17.3 Å². The van der Waals surface area contributed by atoms with E-state index in [1.54, 1.807) is 22.9 Å². The number of nitrogens with one attached hydrogen (secondary N) is 1. The molecule has 0 bridgehead atoms. The number of carbonyl (C=O) groups is 1. The molecule has 0 saturated carbocycles. The monoisotopic (exact) mass is 397 g/mol. The van der Waals surface area contributed by atoms with Gasteiger partial charge in [-0.2, -0.15) is 4.68 Å². The second-order valence-electron chi connectivity index (χ2n) is 6.36. The zero-order chi connectivity index (χ0) is 19.5. The van der Waals surface area contributed by atoms with Crippen molar-refractivity contribution in [3.8, 4) is 17.2 Å². The van der Waals surface area contributed by atoms with Gasteiger partial charge in [-0.1, -0.05) is 29.5 Å². The van der Waals surface area contributed by atoms with Crippen molar-refractivity contribution < 1.29 is 14.3 Å². The Morgan fingerprint density at radius 1 is 1.14 bits per heavy atom. The Morgan fingerprint density at radius 3 is 2.79 bits per heavy atom. The van der Waals surface area contributed by atoms with Crippen LogP contribution in [0.15, 0.2) is 41.6 Å². The summed E-state index contributed by atoms with van der Waals surface area (Å²) in [5, 5.41) is 15.3. The van der Waals surface area contributed by atoms with Gasteiger partial charge in [0.05, 0.1) is 11.4 Å². The minimum Gasteiger partial charge on any atom is -0.486 e. The second-order valence-corrected chi connectivity index (χ2v) is 7.30. The molecule has 9 heteroatoms. The molecular formula is C19H19N5O3S. The molecule has 28 heavy (non-hydrogen) atoms. The maximum atomic E-state index is 12.4. The lowest BCUT2D eigenvalue weighted by molar-refractivity contribution is -0.113. The van der Waals surface area contributed by atoms with E-state index in [4.69, 9.17) is 9.47 Å². The summed E-state index contributed by atoms with van der Waals surface area (Å²) in [5.74, 6) is 1.35. The first kappa shape index (κ1) is 18.3. The molecule has 1 aromatic heterocycles. The third-order valence-electron chi connectivity index (χ3n) is 4.18. The molecule has 0 saturated heterocycles. The first-order valence-corrected chi connectivity index (χ1v) is 9.77. The average molecular weight is 397 g/mol. The molecule has 0 spiro atoms. The van der Waals surface area contributed by atoms with Crippen LogP contribution in [0.5, 0.6) is 11.5 Å². The van der Waals surface area contributed by atoms with Gasteiger partial charge >= 0.3 is 0 Å². The smallest absolute Gasteiger partial charge is 0.234 e. The third-order valence-corrected chi connectivity index (χ3v) is 5.10. The van der Waals surface area contributed by atoms with Gasteiger partial charge in [0.1, 0.15) is 13.2 Å². The van der Waals surface area contributed by atoms with Crippen molar-refractivity contribution in [2.45, 2.75) is 19.0 Å². The van der Waals surface area contributed by atoms with Gasteiger partial charge in [0, 0.05) is 11.8 Å². The van der Waals surface area contributed by atoms with Crippen LogP contribution in [0.4, 0.5) is 5.69 Å². The number of benzene rings is 2. The molecule has 144 valence electrons. The number of carbonyl (C=O) groups excluding carboxylic acids is 1. The highest BCUT2D eigenvalue weighted by Crippen LogP contribution is 2.32. The highest BCUT2D eigenvalue weighted by Gasteiger charge is 2.15. The van der Waals surface area contributed by atoms with Gasteiger partial charge in [-0.3, -0.25) is 4.79 Å². The van der Waals surface area contributed by atoms with Crippen LogP contribution in [0.3, 0.4) is 0 Å². The van der Waals surface area contributed by atoms with Gasteiger partial charge in [-0.15, -0.1) is 5.10 Å². The number of hydrogen-bond donors (Lipinski definition) is 1. The fourth-order valence-corrected chi connectivity index (χ4v) is 3.60. The van der Waals surface area contributed by atoms with Crippen LogP contribution in [0, 0.1) is 13.8 Å². The number of aromatic nitrogens is 4. The maximum Gasteiger partial charge on any atom is 0.234 e. The molecular weight excluding hydrogens is 378 g/mol. The Morgan fingerprint density at radius 2 is 1.96 bits per heavy atom. The van der Waals surface area contributed by atoms with Gasteiger partial charge in [0.25, 0.3) is 0 Å². The van der Waals surface area contributed by atoms with Crippen molar-refractivity contribution in [3.63, 3.8) is 0 Å². The molecule has 1 aliphatic rings. The largest absolute Gasteiger partial charge is 0.486 e. The maximum absolute atomic E-state index is 12.4. The predicted molar refractivity (Wildman–Crippen MR) is 105 cm³/mol. The van der Waals surface area contributed by atoms with Crippen molar-refractivity contribution in [1.29, 1.82) is 0 Å². The Hall–Kier alpha value is -3.07. The van der Waals surface area contributed by atoms with Crippen molar-refractivity contribution >= 4 is 23.4 Å². The Bertz CT molecular complexity index is 1020. The Kier molecular flexibility index (Phi) is 5.16. The fraction of sp³-hybridized carbons (Fsp3) is 0.263. The van der Waals surface area contributed by atoms with E-state index in [1.807, 2.05) is 26.0 Å². The summed E-state index contributed by atoms with van der Waals surface area (Å²) in [5.41, 5.74) is 3.78. The molecule has 0 unspecified atom stereocenters. The van der Waals surface area contributed by atoms with Crippen molar-refractivity contribution in [2.75, 3.05) is 24.3 Å². The molecule has 4 rings (SSSR count). The second kappa shape index (κ2) is 7.89. The molecule has 0 fully saturated rings. The van der Waals surface area contributed by atoms with E-state index in [-0.39, 0.29) is 11.7 Å². The van der Waals surface area contributed by atoms with E-state index < -0.39 is 0 Å². The van der Waals surface area contributed by atoms with Crippen LogP contribution >= 0.6 is 11.8 Å². The zero-order valence-electron chi connectivity index (χ0n) is 15.5. The summed E-state index contributed by atoms with van der Waals surface area (Å²) < 4.78 is 12.7. The average Bonchev–Trinajstić information content (AvgIpc) is 3.14. The molecule has 0 radical (unpaired) electrons. The van der Waals surface area contributed by atoms with Gasteiger partial charge in [-0.05, 0) is 48.0 Å². The quantitative estimate of drug-likeness (QED) is 0.662. The van der Waals surface area contributed by atoms with E-state index in [9.17, 15) is 4.79 Å². The van der Waals surface area contributed by atoms with Crippen molar-refractivity contribution in [2.24, 2.45) is 0 Å². The molecule has 2 heterocycles.